The molecule has 5 unspecified atom stereocenters. The number of fused-ring (bicyclic) bond motifs is 1. The molecule has 3 heterocycles. The molecule has 3 amide bonds. The third-order valence-electron chi connectivity index (χ3n) is 8.56. The maximum Gasteiger partial charge on any atom is 0.246 e. The maximum atomic E-state index is 14.0. The number of anilines is 1. The van der Waals surface area contributed by atoms with Crippen molar-refractivity contribution in [3.05, 3.63) is 36.4 Å². The first-order valence-corrected chi connectivity index (χ1v) is 14.5. The number of hydrogen-bond donors (Lipinski definition) is 2. The highest BCUT2D eigenvalue weighted by Crippen LogP contribution is 2.55. The largest absolute Gasteiger partial charge is 0.494 e. The van der Waals surface area contributed by atoms with Crippen LogP contribution in [0.4, 0.5) is 5.69 Å². The minimum absolute atomic E-state index is 0.130. The molecule has 2 saturated heterocycles. The van der Waals surface area contributed by atoms with Crippen LogP contribution in [0.3, 0.4) is 0 Å². The van der Waals surface area contributed by atoms with Crippen molar-refractivity contribution in [3.8, 4) is 5.75 Å². The molecule has 8 nitrogen and oxygen atoms in total. The van der Waals surface area contributed by atoms with Gasteiger partial charge in [0.1, 0.15) is 17.4 Å². The van der Waals surface area contributed by atoms with Gasteiger partial charge in [-0.1, -0.05) is 57.6 Å². The van der Waals surface area contributed by atoms with Gasteiger partial charge in [0.05, 0.1) is 24.5 Å². The number of likely N-dealkylation sites (tertiary alicyclic amines) is 1. The lowest BCUT2D eigenvalue weighted by atomic mass is 9.74. The highest BCUT2D eigenvalue weighted by molar-refractivity contribution is 6.02. The van der Waals surface area contributed by atoms with Crippen LogP contribution in [0, 0.1) is 11.8 Å². The summed E-state index contributed by atoms with van der Waals surface area (Å²) in [6, 6.07) is 6.57. The Morgan fingerprint density at radius 2 is 1.82 bits per heavy atom. The second-order valence-corrected chi connectivity index (χ2v) is 11.1. The lowest BCUT2D eigenvalue weighted by molar-refractivity contribution is -0.141. The Labute approximate surface area is 225 Å². The number of rotatable bonds is 11. The Kier molecular flexibility index (Phi) is 8.07. The Bertz CT molecular complexity index is 1050. The summed E-state index contributed by atoms with van der Waals surface area (Å²) in [6.45, 7) is 5.13. The maximum absolute atomic E-state index is 14.0. The molecule has 1 aromatic rings. The zero-order valence-corrected chi connectivity index (χ0v) is 22.6. The minimum Gasteiger partial charge on any atom is -0.494 e. The normalized spacial score (nSPS) is 29.9. The second-order valence-electron chi connectivity index (χ2n) is 11.1. The molecule has 8 heteroatoms. The van der Waals surface area contributed by atoms with Crippen LogP contribution in [0.15, 0.2) is 36.4 Å². The zero-order chi connectivity index (χ0) is 26.7. The van der Waals surface area contributed by atoms with Gasteiger partial charge in [0.15, 0.2) is 0 Å². The number of carbonyl (C=O) groups is 3. The van der Waals surface area contributed by atoms with Crippen LogP contribution < -0.4 is 15.4 Å². The average molecular weight is 524 g/mol. The minimum atomic E-state index is -1.11. The van der Waals surface area contributed by atoms with Crippen molar-refractivity contribution in [2.45, 2.75) is 95.4 Å². The molecule has 206 valence electrons. The molecule has 1 aliphatic carbocycles. The van der Waals surface area contributed by atoms with Crippen molar-refractivity contribution in [1.82, 2.24) is 10.2 Å². The van der Waals surface area contributed by atoms with Crippen molar-refractivity contribution < 1.29 is 23.9 Å². The average Bonchev–Trinajstić information content (AvgIpc) is 3.56. The molecule has 1 aromatic carbocycles. The highest BCUT2D eigenvalue weighted by atomic mass is 16.5. The molecule has 4 aliphatic rings. The van der Waals surface area contributed by atoms with E-state index >= 15 is 0 Å². The summed E-state index contributed by atoms with van der Waals surface area (Å²) >= 11 is 0. The van der Waals surface area contributed by atoms with Crippen LogP contribution in [0.25, 0.3) is 0 Å². The highest BCUT2D eigenvalue weighted by Gasteiger charge is 2.72. The van der Waals surface area contributed by atoms with Gasteiger partial charge in [-0.25, -0.2) is 0 Å². The van der Waals surface area contributed by atoms with Gasteiger partial charge < -0.3 is 25.0 Å². The third kappa shape index (κ3) is 4.95. The quantitative estimate of drug-likeness (QED) is 0.335. The smallest absolute Gasteiger partial charge is 0.246 e. The van der Waals surface area contributed by atoms with Crippen LogP contribution >= 0.6 is 0 Å². The summed E-state index contributed by atoms with van der Waals surface area (Å²) in [7, 11) is 0. The first kappa shape index (κ1) is 26.7. The Hall–Kier alpha value is -2.87. The van der Waals surface area contributed by atoms with E-state index in [4.69, 9.17) is 9.47 Å². The van der Waals surface area contributed by atoms with Crippen molar-refractivity contribution in [2.75, 3.05) is 18.5 Å². The predicted octanol–water partition coefficient (Wildman–Crippen LogP) is 4.20. The fourth-order valence-electron chi connectivity index (χ4n) is 6.77. The molecule has 1 spiro atoms. The first-order chi connectivity index (χ1) is 18.5. The van der Waals surface area contributed by atoms with E-state index in [0.717, 1.165) is 57.1 Å². The number of nitrogens with one attached hydrogen (secondary N) is 2. The fourth-order valence-corrected chi connectivity index (χ4v) is 6.77. The number of hydrogen-bond acceptors (Lipinski definition) is 5. The van der Waals surface area contributed by atoms with E-state index in [0.29, 0.717) is 18.8 Å². The van der Waals surface area contributed by atoms with E-state index in [9.17, 15) is 14.4 Å². The molecule has 38 heavy (non-hydrogen) atoms. The lowest BCUT2D eigenvalue weighted by Gasteiger charge is -2.34. The SMILES string of the molecule is CCCCCCN1C(=O)C2C(C(=O)Nc3ccc(OCC)cc3)C3C=CC2(O3)C1C(=O)NC1CCCCC1. The van der Waals surface area contributed by atoms with Gasteiger partial charge in [-0.3, -0.25) is 14.4 Å². The van der Waals surface area contributed by atoms with E-state index < -0.39 is 29.6 Å². The summed E-state index contributed by atoms with van der Waals surface area (Å²) in [5, 5.41) is 6.22. The van der Waals surface area contributed by atoms with Crippen LogP contribution in [0.2, 0.25) is 0 Å². The molecule has 0 aromatic heterocycles. The molecular weight excluding hydrogens is 482 g/mol. The first-order valence-electron chi connectivity index (χ1n) is 14.5. The number of amides is 3. The van der Waals surface area contributed by atoms with Gasteiger partial charge in [-0.2, -0.15) is 0 Å². The molecule has 3 aliphatic heterocycles. The Balaban J connectivity index is 1.37. The van der Waals surface area contributed by atoms with E-state index in [-0.39, 0.29) is 23.8 Å². The zero-order valence-electron chi connectivity index (χ0n) is 22.6. The molecule has 0 radical (unpaired) electrons. The van der Waals surface area contributed by atoms with Gasteiger partial charge in [0, 0.05) is 18.3 Å². The summed E-state index contributed by atoms with van der Waals surface area (Å²) in [5.74, 6) is -1.24. The Morgan fingerprint density at radius 1 is 1.05 bits per heavy atom. The topological polar surface area (TPSA) is 97.0 Å². The predicted molar refractivity (Wildman–Crippen MR) is 145 cm³/mol. The van der Waals surface area contributed by atoms with Crippen LogP contribution in [-0.2, 0) is 19.1 Å². The van der Waals surface area contributed by atoms with E-state index in [1.54, 1.807) is 17.0 Å². The fraction of sp³-hybridized carbons (Fsp3) is 0.633. The van der Waals surface area contributed by atoms with E-state index in [1.165, 1.54) is 6.42 Å². The van der Waals surface area contributed by atoms with Gasteiger partial charge in [-0.15, -0.1) is 0 Å². The molecule has 5 rings (SSSR count). The molecule has 5 atom stereocenters. The van der Waals surface area contributed by atoms with Crippen molar-refractivity contribution >= 4 is 23.4 Å². The molecular formula is C30H41N3O5. The summed E-state index contributed by atoms with van der Waals surface area (Å²) in [4.78, 5) is 43.0. The third-order valence-corrected chi connectivity index (χ3v) is 8.56. The molecule has 3 fully saturated rings. The Morgan fingerprint density at radius 3 is 2.53 bits per heavy atom. The van der Waals surface area contributed by atoms with Crippen molar-refractivity contribution in [1.29, 1.82) is 0 Å². The van der Waals surface area contributed by atoms with Gasteiger partial charge in [0.2, 0.25) is 17.7 Å². The van der Waals surface area contributed by atoms with Crippen molar-refractivity contribution in [3.63, 3.8) is 0 Å². The van der Waals surface area contributed by atoms with Crippen LogP contribution in [0.5, 0.6) is 5.75 Å². The van der Waals surface area contributed by atoms with E-state index in [1.807, 2.05) is 31.2 Å². The summed E-state index contributed by atoms with van der Waals surface area (Å²) < 4.78 is 11.9. The van der Waals surface area contributed by atoms with E-state index in [2.05, 4.69) is 17.6 Å². The van der Waals surface area contributed by atoms with Crippen LogP contribution in [-0.4, -0.2) is 59.6 Å². The number of unbranched alkanes of at least 4 members (excludes halogenated alkanes) is 3. The monoisotopic (exact) mass is 523 g/mol. The molecule has 2 bridgehead atoms. The standard InChI is InChI=1S/C30H41N3O5/c1-3-5-6-10-19-33-26(28(35)32-20-11-8-7-9-12-20)30-18-17-23(38-30)24(25(30)29(33)36)27(34)31-21-13-15-22(16-14-21)37-4-2/h13-18,20,23-26H,3-12,19H2,1-2H3,(H,31,34)(H,32,35). The van der Waals surface area contributed by atoms with Gasteiger partial charge >= 0.3 is 0 Å². The van der Waals surface area contributed by atoms with Crippen LogP contribution in [0.1, 0.15) is 71.6 Å². The summed E-state index contributed by atoms with van der Waals surface area (Å²) in [5.41, 5.74) is -0.473. The number of carbonyl (C=O) groups excluding carboxylic acids is 3. The number of benzene rings is 1. The van der Waals surface area contributed by atoms with Crippen molar-refractivity contribution in [2.24, 2.45) is 11.8 Å². The summed E-state index contributed by atoms with van der Waals surface area (Å²) in [6.07, 6.45) is 12.6. The molecule has 2 N–H and O–H groups in total. The second kappa shape index (κ2) is 11.5. The molecule has 1 saturated carbocycles. The lowest BCUT2D eigenvalue weighted by Crippen LogP contribution is -2.56. The van der Waals surface area contributed by atoms with Gasteiger partial charge in [-0.05, 0) is 50.5 Å². The number of nitrogens with zero attached hydrogens (tertiary/aromatic N) is 1. The number of ether oxygens (including phenoxy) is 2. The van der Waals surface area contributed by atoms with Gasteiger partial charge in [0.25, 0.3) is 0 Å².